The van der Waals surface area contributed by atoms with Crippen LogP contribution in [0.3, 0.4) is 0 Å². The van der Waals surface area contributed by atoms with Gasteiger partial charge in [0.15, 0.2) is 17.7 Å². The number of Topliss-reactive ketones (excluding diaryl/α,β-unsaturated/α-hetero) is 1. The number of hydrogen-bond donors (Lipinski definition) is 1. The summed E-state index contributed by atoms with van der Waals surface area (Å²) in [5.41, 5.74) is -0.423. The number of fused-ring (bicyclic) bond motifs is 5. The maximum atomic E-state index is 13.8. The molecule has 1 heterocycles. The highest BCUT2D eigenvalue weighted by Gasteiger charge is 2.88. The highest BCUT2D eigenvalue weighted by Crippen LogP contribution is 2.89. The minimum absolute atomic E-state index is 0.0317. The van der Waals surface area contributed by atoms with E-state index in [1.807, 2.05) is 13.0 Å². The lowest BCUT2D eigenvalue weighted by Crippen LogP contribution is -2.58. The first-order chi connectivity index (χ1) is 19.6. The fraction of sp³-hybridized carbons (Fsp3) is 0.765. The Kier molecular flexibility index (Phi) is 6.61. The average molecular weight is 583 g/mol. The van der Waals surface area contributed by atoms with Crippen molar-refractivity contribution in [2.45, 2.75) is 98.6 Å². The molecule has 0 aromatic rings. The number of rotatable bonds is 8. The summed E-state index contributed by atoms with van der Waals surface area (Å²) >= 11 is 0. The van der Waals surface area contributed by atoms with E-state index in [-0.39, 0.29) is 81.5 Å². The Morgan fingerprint density at radius 3 is 2.43 bits per heavy atom. The van der Waals surface area contributed by atoms with Crippen LogP contribution in [0, 0.1) is 57.2 Å². The van der Waals surface area contributed by atoms with Crippen LogP contribution in [0.25, 0.3) is 0 Å². The summed E-state index contributed by atoms with van der Waals surface area (Å²) < 4.78 is 18.3. The SMILES string of the molecule is C=C(C(=O)[C@H](OC(C)=O)[C@@H](C)[C@H]1[C@@H](OC(C)=O)C[C@@]2(C)[C@@H]3[C@H]4O[C@H]4[C@H]4[C@H](C)C(=O)C=C[C@@]45C[C@@]35CC[C@]12C)[C@@H](C)CO. The molecule has 0 aromatic carbocycles. The highest BCUT2D eigenvalue weighted by atomic mass is 16.6. The van der Waals surface area contributed by atoms with Crippen LogP contribution in [0.2, 0.25) is 0 Å². The first kappa shape index (κ1) is 29.7. The zero-order valence-corrected chi connectivity index (χ0v) is 26.0. The largest absolute Gasteiger partial charge is 0.462 e. The summed E-state index contributed by atoms with van der Waals surface area (Å²) in [4.78, 5) is 51.3. The molecule has 42 heavy (non-hydrogen) atoms. The van der Waals surface area contributed by atoms with E-state index in [2.05, 4.69) is 33.4 Å². The molecule has 0 amide bonds. The molecule has 1 N–H and O–H groups in total. The average Bonchev–Trinajstić information content (AvgIpc) is 3.80. The number of esters is 2. The zero-order valence-electron chi connectivity index (χ0n) is 26.0. The molecule has 230 valence electrons. The lowest BCUT2D eigenvalue weighted by atomic mass is 9.43. The van der Waals surface area contributed by atoms with Crippen molar-refractivity contribution in [3.05, 3.63) is 24.3 Å². The van der Waals surface area contributed by atoms with Gasteiger partial charge < -0.3 is 19.3 Å². The number of ketones is 2. The third-order valence-corrected chi connectivity index (χ3v) is 13.3. The summed E-state index contributed by atoms with van der Waals surface area (Å²) in [5.74, 6) is -1.99. The molecule has 0 unspecified atom stereocenters. The number of aliphatic hydroxyl groups is 1. The second kappa shape index (κ2) is 9.34. The monoisotopic (exact) mass is 582 g/mol. The number of hydrogen-bond acceptors (Lipinski definition) is 8. The maximum Gasteiger partial charge on any atom is 0.303 e. The van der Waals surface area contributed by atoms with Crippen molar-refractivity contribution in [2.75, 3.05) is 6.61 Å². The molecular formula is C34H46O8. The fourth-order valence-corrected chi connectivity index (χ4v) is 11.2. The lowest BCUT2D eigenvalue weighted by Gasteiger charge is -2.59. The van der Waals surface area contributed by atoms with Gasteiger partial charge in [0.2, 0.25) is 0 Å². The summed E-state index contributed by atoms with van der Waals surface area (Å²) in [6.45, 7) is 16.7. The Hall–Kier alpha value is -2.32. The van der Waals surface area contributed by atoms with Gasteiger partial charge in [0.25, 0.3) is 0 Å². The van der Waals surface area contributed by atoms with Crippen molar-refractivity contribution in [1.82, 2.24) is 0 Å². The van der Waals surface area contributed by atoms with Crippen LogP contribution in [-0.2, 0) is 33.4 Å². The second-order valence-electron chi connectivity index (χ2n) is 15.0. The molecule has 1 saturated heterocycles. The van der Waals surface area contributed by atoms with Gasteiger partial charge in [-0.15, -0.1) is 0 Å². The molecule has 1 aliphatic heterocycles. The highest BCUT2D eigenvalue weighted by molar-refractivity contribution is 5.99. The first-order valence-corrected chi connectivity index (χ1v) is 15.7. The van der Waals surface area contributed by atoms with Crippen molar-refractivity contribution >= 4 is 23.5 Å². The summed E-state index contributed by atoms with van der Waals surface area (Å²) in [6, 6.07) is 0. The number of allylic oxidation sites excluding steroid dienone is 2. The number of ether oxygens (including phenoxy) is 3. The third-order valence-electron chi connectivity index (χ3n) is 13.3. The topological polar surface area (TPSA) is 120 Å². The fourth-order valence-electron chi connectivity index (χ4n) is 11.2. The molecule has 0 radical (unpaired) electrons. The van der Waals surface area contributed by atoms with Crippen LogP contribution in [-0.4, -0.2) is 59.6 Å². The quantitative estimate of drug-likeness (QED) is 0.257. The van der Waals surface area contributed by atoms with Gasteiger partial charge in [-0.2, -0.15) is 0 Å². The van der Waals surface area contributed by atoms with E-state index < -0.39 is 35.8 Å². The summed E-state index contributed by atoms with van der Waals surface area (Å²) in [6.07, 6.45) is 6.06. The van der Waals surface area contributed by atoms with Crippen LogP contribution < -0.4 is 0 Å². The predicted octanol–water partition coefficient (Wildman–Crippen LogP) is 4.23. The van der Waals surface area contributed by atoms with Gasteiger partial charge in [-0.05, 0) is 53.6 Å². The molecule has 14 atom stereocenters. The molecule has 8 heteroatoms. The molecule has 6 rings (SSSR count). The van der Waals surface area contributed by atoms with Gasteiger partial charge >= 0.3 is 11.9 Å². The summed E-state index contributed by atoms with van der Waals surface area (Å²) in [7, 11) is 0. The molecular weight excluding hydrogens is 536 g/mol. The Morgan fingerprint density at radius 2 is 1.81 bits per heavy atom. The minimum Gasteiger partial charge on any atom is -0.462 e. The number of carbonyl (C=O) groups is 4. The molecule has 2 spiro atoms. The Balaban J connectivity index is 1.41. The molecule has 5 fully saturated rings. The molecule has 5 aliphatic carbocycles. The van der Waals surface area contributed by atoms with Gasteiger partial charge in [0, 0.05) is 61.4 Å². The Labute approximate surface area is 248 Å². The lowest BCUT2D eigenvalue weighted by molar-refractivity contribution is -0.166. The maximum absolute atomic E-state index is 13.8. The smallest absolute Gasteiger partial charge is 0.303 e. The Bertz CT molecular complexity index is 1290. The van der Waals surface area contributed by atoms with Crippen LogP contribution >= 0.6 is 0 Å². The first-order valence-electron chi connectivity index (χ1n) is 15.7. The minimum atomic E-state index is -1.11. The molecule has 4 saturated carbocycles. The standard InChI is InChI=1S/C34H46O8/c1-16(14-35)17(2)26(39)27(41-21(6)37)19(4)24-23(40-20(5)36)13-32(8)30-29-28(42-29)25-18(3)22(38)9-10-33(25)15-34(30,33)12-11-31(24,32)7/h9-10,16,18-19,23-25,27-30,35H,2,11-15H2,1,3-8H3/t16-,18+,19-,23-,24-,25+,27+,28-,29-,30-,31+,32-,33+,34-/m0/s1. The molecule has 6 aliphatic rings. The van der Waals surface area contributed by atoms with E-state index in [0.717, 1.165) is 19.3 Å². The van der Waals surface area contributed by atoms with Crippen LogP contribution in [0.15, 0.2) is 24.3 Å². The van der Waals surface area contributed by atoms with Crippen LogP contribution in [0.1, 0.15) is 74.1 Å². The van der Waals surface area contributed by atoms with Crippen molar-refractivity contribution < 1.29 is 38.5 Å². The van der Waals surface area contributed by atoms with E-state index in [9.17, 15) is 24.3 Å². The van der Waals surface area contributed by atoms with E-state index in [0.29, 0.717) is 6.42 Å². The van der Waals surface area contributed by atoms with Crippen molar-refractivity contribution in [3.8, 4) is 0 Å². The van der Waals surface area contributed by atoms with E-state index in [1.54, 1.807) is 6.92 Å². The zero-order chi connectivity index (χ0) is 30.7. The summed E-state index contributed by atoms with van der Waals surface area (Å²) in [5, 5.41) is 9.70. The molecule has 0 bridgehead atoms. The van der Waals surface area contributed by atoms with E-state index in [4.69, 9.17) is 14.2 Å². The molecule has 8 nitrogen and oxygen atoms in total. The van der Waals surface area contributed by atoms with Gasteiger partial charge in [-0.1, -0.05) is 47.3 Å². The Morgan fingerprint density at radius 1 is 1.12 bits per heavy atom. The second-order valence-corrected chi connectivity index (χ2v) is 15.0. The number of aliphatic hydroxyl groups excluding tert-OH is 1. The van der Waals surface area contributed by atoms with Gasteiger partial charge in [0.1, 0.15) is 6.10 Å². The van der Waals surface area contributed by atoms with Crippen LogP contribution in [0.4, 0.5) is 0 Å². The van der Waals surface area contributed by atoms with Crippen molar-refractivity contribution in [3.63, 3.8) is 0 Å². The van der Waals surface area contributed by atoms with E-state index >= 15 is 0 Å². The number of epoxide rings is 1. The normalized spacial score (nSPS) is 47.8. The predicted molar refractivity (Wildman–Crippen MR) is 153 cm³/mol. The van der Waals surface area contributed by atoms with Gasteiger partial charge in [-0.3, -0.25) is 19.2 Å². The van der Waals surface area contributed by atoms with E-state index in [1.165, 1.54) is 13.8 Å². The molecule has 0 aromatic heterocycles. The third kappa shape index (κ3) is 3.66. The van der Waals surface area contributed by atoms with Gasteiger partial charge in [0.05, 0.1) is 12.2 Å². The van der Waals surface area contributed by atoms with Crippen molar-refractivity contribution in [1.29, 1.82) is 0 Å². The van der Waals surface area contributed by atoms with Gasteiger partial charge in [-0.25, -0.2) is 0 Å². The van der Waals surface area contributed by atoms with Crippen LogP contribution in [0.5, 0.6) is 0 Å². The van der Waals surface area contributed by atoms with Crippen molar-refractivity contribution in [2.24, 2.45) is 57.2 Å². The number of carbonyl (C=O) groups excluding carboxylic acids is 4.